The van der Waals surface area contributed by atoms with Gasteiger partial charge in [0.25, 0.3) is 5.91 Å². The zero-order valence-electron chi connectivity index (χ0n) is 17.9. The second-order valence-corrected chi connectivity index (χ2v) is 9.79. The van der Waals surface area contributed by atoms with Crippen LogP contribution in [0.1, 0.15) is 21.8 Å². The van der Waals surface area contributed by atoms with E-state index in [2.05, 4.69) is 10.6 Å². The molecule has 3 aromatic rings. The highest BCUT2D eigenvalue weighted by molar-refractivity contribution is 6.54. The molecule has 0 spiro atoms. The maximum Gasteiger partial charge on any atom is 0.257 e. The zero-order chi connectivity index (χ0) is 24.5. The maximum absolute atomic E-state index is 13.1. The van der Waals surface area contributed by atoms with E-state index in [1.54, 1.807) is 37.4 Å². The highest BCUT2D eigenvalue weighted by Crippen LogP contribution is 2.73. The number of ether oxygens (including phenoxy) is 1. The Labute approximate surface area is 211 Å². The van der Waals surface area contributed by atoms with E-state index in [1.165, 1.54) is 24.3 Å². The van der Waals surface area contributed by atoms with Crippen LogP contribution in [0, 0.1) is 11.2 Å². The Morgan fingerprint density at radius 2 is 1.71 bits per heavy atom. The Kier molecular flexibility index (Phi) is 6.76. The summed E-state index contributed by atoms with van der Waals surface area (Å²) in [6.45, 7) is 0.140. The molecule has 0 radical (unpaired) electrons. The Balaban J connectivity index is 1.50. The second-order valence-electron chi connectivity index (χ2n) is 8.00. The van der Waals surface area contributed by atoms with Gasteiger partial charge in [0.15, 0.2) is 0 Å². The molecule has 0 aliphatic heterocycles. The zero-order valence-corrected chi connectivity index (χ0v) is 20.2. The van der Waals surface area contributed by atoms with E-state index in [0.29, 0.717) is 17.1 Å². The van der Waals surface area contributed by atoms with Gasteiger partial charge in [-0.3, -0.25) is 4.79 Å². The molecule has 1 saturated carbocycles. The van der Waals surface area contributed by atoms with E-state index in [0.717, 1.165) is 11.8 Å². The van der Waals surface area contributed by atoms with Crippen LogP contribution in [-0.2, 0) is 4.79 Å². The predicted molar refractivity (Wildman–Crippen MR) is 133 cm³/mol. The van der Waals surface area contributed by atoms with E-state index in [9.17, 15) is 14.0 Å². The number of halogens is 4. The first-order chi connectivity index (χ1) is 16.2. The molecule has 0 heterocycles. The van der Waals surface area contributed by atoms with Crippen LogP contribution in [0.5, 0.6) is 5.75 Å². The molecule has 4 rings (SSSR count). The van der Waals surface area contributed by atoms with Gasteiger partial charge < -0.3 is 20.2 Å². The predicted octanol–water partition coefficient (Wildman–Crippen LogP) is 6.31. The number of nitrogens with one attached hydrogen (secondary N) is 2. The summed E-state index contributed by atoms with van der Waals surface area (Å²) in [6.07, 6.45) is 0.771. The van der Waals surface area contributed by atoms with Crippen molar-refractivity contribution < 1.29 is 18.7 Å². The van der Waals surface area contributed by atoms with Crippen molar-refractivity contribution in [1.82, 2.24) is 0 Å². The molecule has 2 N–H and O–H groups in total. The van der Waals surface area contributed by atoms with E-state index >= 15 is 0 Å². The Morgan fingerprint density at radius 3 is 2.32 bits per heavy atom. The lowest BCUT2D eigenvalue weighted by atomic mass is 10.00. The van der Waals surface area contributed by atoms with Crippen LogP contribution in [0.2, 0.25) is 5.02 Å². The van der Waals surface area contributed by atoms with Crippen LogP contribution < -0.4 is 15.4 Å². The standard InChI is InChI=1S/C25H20Cl3FN2O3/c1-34-19-9-2-15(3-10-19)22-24(14-32,25(22,27)28)13-30-18-8-11-21(26)20(12-18)23(33)31-17-6-4-16(29)5-7-17/h2-12,14,22,30H,13H2,1H3,(H,31,33). The summed E-state index contributed by atoms with van der Waals surface area (Å²) in [5.41, 5.74) is 0.937. The van der Waals surface area contributed by atoms with E-state index in [-0.39, 0.29) is 17.1 Å². The molecule has 0 aromatic heterocycles. The molecule has 0 saturated heterocycles. The quantitative estimate of drug-likeness (QED) is 0.269. The van der Waals surface area contributed by atoms with Crippen LogP contribution in [0.3, 0.4) is 0 Å². The number of amides is 1. The fourth-order valence-electron chi connectivity index (χ4n) is 3.98. The van der Waals surface area contributed by atoms with E-state index in [1.807, 2.05) is 12.1 Å². The van der Waals surface area contributed by atoms with Crippen molar-refractivity contribution in [2.75, 3.05) is 24.3 Å². The minimum atomic E-state index is -1.30. The third-order valence-electron chi connectivity index (χ3n) is 5.97. The van der Waals surface area contributed by atoms with E-state index < -0.39 is 27.4 Å². The molecular weight excluding hydrogens is 502 g/mol. The monoisotopic (exact) mass is 520 g/mol. The lowest BCUT2D eigenvalue weighted by Gasteiger charge is -2.15. The number of alkyl halides is 2. The van der Waals surface area contributed by atoms with Crippen molar-refractivity contribution in [2.24, 2.45) is 5.41 Å². The highest BCUT2D eigenvalue weighted by atomic mass is 35.5. The summed E-state index contributed by atoms with van der Waals surface area (Å²) in [5, 5.41) is 6.07. The summed E-state index contributed by atoms with van der Waals surface area (Å²) in [5.74, 6) is -0.611. The third kappa shape index (κ3) is 4.45. The highest BCUT2D eigenvalue weighted by Gasteiger charge is 2.76. The SMILES string of the molecule is COc1ccc(C2C(Cl)(Cl)C2(C=O)CNc2ccc(Cl)c(C(=O)Nc3ccc(F)cc3)c2)cc1. The largest absolute Gasteiger partial charge is 0.497 e. The minimum absolute atomic E-state index is 0.140. The summed E-state index contributed by atoms with van der Waals surface area (Å²) >= 11 is 19.4. The molecule has 9 heteroatoms. The van der Waals surface area contributed by atoms with E-state index in [4.69, 9.17) is 39.5 Å². The number of aldehydes is 1. The number of carbonyl (C=O) groups excluding carboxylic acids is 2. The van der Waals surface area contributed by atoms with Gasteiger partial charge in [-0.25, -0.2) is 4.39 Å². The number of methoxy groups -OCH3 is 1. The van der Waals surface area contributed by atoms with Crippen LogP contribution in [-0.4, -0.2) is 30.2 Å². The first-order valence-electron chi connectivity index (χ1n) is 10.3. The first-order valence-corrected chi connectivity index (χ1v) is 11.4. The topological polar surface area (TPSA) is 67.4 Å². The summed E-state index contributed by atoms with van der Waals surface area (Å²) in [7, 11) is 1.57. The number of carbonyl (C=O) groups is 2. The first kappa shape index (κ1) is 24.3. The molecule has 1 aliphatic carbocycles. The molecule has 0 bridgehead atoms. The second kappa shape index (κ2) is 9.45. The normalized spacial score (nSPS) is 20.3. The van der Waals surface area contributed by atoms with Gasteiger partial charge in [-0.15, -0.1) is 0 Å². The van der Waals surface area contributed by atoms with Crippen molar-refractivity contribution in [3.05, 3.63) is 88.7 Å². The number of hydrogen-bond donors (Lipinski definition) is 2. The molecule has 5 nitrogen and oxygen atoms in total. The Hall–Kier alpha value is -2.80. The van der Waals surface area contributed by atoms with Gasteiger partial charge in [0.05, 0.1) is 23.1 Å². The van der Waals surface area contributed by atoms with Crippen molar-refractivity contribution in [3.8, 4) is 5.75 Å². The number of anilines is 2. The van der Waals surface area contributed by atoms with Gasteiger partial charge in [-0.2, -0.15) is 0 Å². The smallest absolute Gasteiger partial charge is 0.257 e. The van der Waals surface area contributed by atoms with Crippen molar-refractivity contribution in [2.45, 2.75) is 10.3 Å². The molecule has 2 unspecified atom stereocenters. The molecule has 34 heavy (non-hydrogen) atoms. The molecule has 1 amide bonds. The van der Waals surface area contributed by atoms with Gasteiger partial charge in [-0.05, 0) is 60.2 Å². The molecule has 176 valence electrons. The van der Waals surface area contributed by atoms with Gasteiger partial charge in [0.2, 0.25) is 0 Å². The molecule has 2 atom stereocenters. The lowest BCUT2D eigenvalue weighted by molar-refractivity contribution is -0.112. The maximum atomic E-state index is 13.1. The average molecular weight is 522 g/mol. The van der Waals surface area contributed by atoms with Crippen LogP contribution in [0.25, 0.3) is 0 Å². The fourth-order valence-corrected chi connectivity index (χ4v) is 5.15. The van der Waals surface area contributed by atoms with Gasteiger partial charge in [0.1, 0.15) is 22.2 Å². The van der Waals surface area contributed by atoms with Crippen molar-refractivity contribution in [1.29, 1.82) is 0 Å². The third-order valence-corrected chi connectivity index (χ3v) is 7.44. The Morgan fingerprint density at radius 1 is 1.06 bits per heavy atom. The fraction of sp³-hybridized carbons (Fsp3) is 0.200. The molecule has 3 aromatic carbocycles. The minimum Gasteiger partial charge on any atom is -0.497 e. The number of benzene rings is 3. The summed E-state index contributed by atoms with van der Waals surface area (Å²) < 4.78 is 17.0. The lowest BCUT2D eigenvalue weighted by Crippen LogP contribution is -2.23. The van der Waals surface area contributed by atoms with Crippen LogP contribution in [0.4, 0.5) is 15.8 Å². The molecular formula is C25H20Cl3FN2O3. The average Bonchev–Trinajstić information content (AvgIpc) is 3.34. The molecule has 1 fully saturated rings. The molecule has 1 aliphatic rings. The Bertz CT molecular complexity index is 1220. The van der Waals surface area contributed by atoms with Gasteiger partial charge in [-0.1, -0.05) is 46.9 Å². The summed E-state index contributed by atoms with van der Waals surface area (Å²) in [4.78, 5) is 24.9. The number of hydrogen-bond acceptors (Lipinski definition) is 4. The van der Waals surface area contributed by atoms with Gasteiger partial charge in [0, 0.05) is 23.8 Å². The summed E-state index contributed by atoms with van der Waals surface area (Å²) in [6, 6.07) is 17.4. The van der Waals surface area contributed by atoms with Crippen LogP contribution in [0.15, 0.2) is 66.7 Å². The number of rotatable bonds is 8. The van der Waals surface area contributed by atoms with Crippen molar-refractivity contribution >= 4 is 58.4 Å². The van der Waals surface area contributed by atoms with Crippen molar-refractivity contribution in [3.63, 3.8) is 0 Å². The van der Waals surface area contributed by atoms with Crippen LogP contribution >= 0.6 is 34.8 Å². The van der Waals surface area contributed by atoms with Gasteiger partial charge >= 0.3 is 0 Å².